The number of aromatic hydroxyl groups is 4. The quantitative estimate of drug-likeness (QED) is 0.0255. The summed E-state index contributed by atoms with van der Waals surface area (Å²) in [5.41, 5.74) is -14.2. The molecule has 0 spiro atoms. The Morgan fingerprint density at radius 2 is 0.829 bits per heavy atom. The van der Waals surface area contributed by atoms with Crippen molar-refractivity contribution >= 4 is 40.3 Å². The van der Waals surface area contributed by atoms with Gasteiger partial charge in [0, 0.05) is 16.7 Å². The van der Waals surface area contributed by atoms with Crippen molar-refractivity contribution in [1.29, 1.82) is 0 Å². The molecular weight excluding hydrogens is 961 g/mol. The third kappa shape index (κ3) is 9.37. The molecule has 0 heterocycles. The summed E-state index contributed by atoms with van der Waals surface area (Å²) in [4.78, 5) is 39.6. The molecule has 0 aliphatic heterocycles. The van der Waals surface area contributed by atoms with E-state index in [0.29, 0.717) is 48.5 Å². The van der Waals surface area contributed by atoms with Crippen LogP contribution in [0.1, 0.15) is 58.9 Å². The second kappa shape index (κ2) is 18.4. The van der Waals surface area contributed by atoms with Gasteiger partial charge in [-0.25, -0.2) is 0 Å². The number of benzene rings is 6. The first-order valence-electron chi connectivity index (χ1n) is 19.9. The van der Waals surface area contributed by atoms with Crippen molar-refractivity contribution < 1.29 is 87.5 Å². The predicted molar refractivity (Wildman–Crippen MR) is 229 cm³/mol. The van der Waals surface area contributed by atoms with Crippen molar-refractivity contribution in [3.8, 4) is 23.0 Å². The largest absolute Gasteiger partial charge is 0.506 e. The number of alkyl halides is 12. The van der Waals surface area contributed by atoms with Gasteiger partial charge in [-0.05, 0) is 102 Å². The Labute approximate surface area is 386 Å². The van der Waals surface area contributed by atoms with Crippen LogP contribution < -0.4 is 21.7 Å². The van der Waals surface area contributed by atoms with Crippen LogP contribution in [0.2, 0.25) is 0 Å². The molecule has 0 atom stereocenters. The Morgan fingerprint density at radius 1 is 0.457 bits per heavy atom. The van der Waals surface area contributed by atoms with Crippen LogP contribution in [0.5, 0.6) is 23.0 Å². The molecule has 0 saturated heterocycles. The predicted octanol–water partition coefficient (Wildman–Crippen LogP) is 11.0. The van der Waals surface area contributed by atoms with Crippen LogP contribution in [-0.2, 0) is 10.8 Å². The summed E-state index contributed by atoms with van der Waals surface area (Å²) in [5.74, 6) is -7.04. The van der Waals surface area contributed by atoms with Crippen LogP contribution >= 0.6 is 0 Å². The van der Waals surface area contributed by atoms with Crippen molar-refractivity contribution in [3.05, 3.63) is 166 Å². The fourth-order valence-electron chi connectivity index (χ4n) is 7.61. The number of carbonyl (C=O) groups is 3. The van der Waals surface area contributed by atoms with Crippen molar-refractivity contribution in [3.63, 3.8) is 0 Å². The normalized spacial score (nSPS) is 12.6. The highest BCUT2D eigenvalue weighted by atomic mass is 19.4. The lowest BCUT2D eigenvalue weighted by molar-refractivity contribution is -0.290. The third-order valence-electron chi connectivity index (χ3n) is 11.1. The summed E-state index contributed by atoms with van der Waals surface area (Å²) in [5, 5.41) is 47.4. The maximum Gasteiger partial charge on any atom is 0.411 e. The molecule has 11 nitrogen and oxygen atoms in total. The third-order valence-corrected chi connectivity index (χ3v) is 11.1. The number of anilines is 4. The summed E-state index contributed by atoms with van der Waals surface area (Å²) in [6.45, 7) is 0.687. The molecule has 0 aromatic heterocycles. The van der Waals surface area contributed by atoms with Gasteiger partial charge in [-0.1, -0.05) is 54.1 Å². The molecule has 6 aromatic carbocycles. The van der Waals surface area contributed by atoms with Crippen LogP contribution in [0.3, 0.4) is 0 Å². The molecule has 0 saturated carbocycles. The summed E-state index contributed by atoms with van der Waals surface area (Å²) >= 11 is 0. The van der Waals surface area contributed by atoms with E-state index < -0.39 is 139 Å². The summed E-state index contributed by atoms with van der Waals surface area (Å²) < 4.78 is 180. The van der Waals surface area contributed by atoms with Gasteiger partial charge in [0.25, 0.3) is 11.8 Å². The van der Waals surface area contributed by atoms with Crippen LogP contribution in [0.4, 0.5) is 75.4 Å². The minimum Gasteiger partial charge on any atom is -0.506 e. The Morgan fingerprint density at radius 3 is 1.26 bits per heavy atom. The van der Waals surface area contributed by atoms with E-state index in [-0.39, 0.29) is 29.8 Å². The topological polar surface area (TPSA) is 194 Å². The maximum absolute atomic E-state index is 15.2. The minimum absolute atomic E-state index is 0.0557. The van der Waals surface area contributed by atoms with Crippen LogP contribution in [0.15, 0.2) is 121 Å². The molecule has 0 aliphatic rings. The number of aryl methyl sites for hydroxylation is 1. The Bertz CT molecular complexity index is 2960. The fourth-order valence-corrected chi connectivity index (χ4v) is 7.61. The lowest BCUT2D eigenvalue weighted by atomic mass is 9.72. The van der Waals surface area contributed by atoms with E-state index in [4.69, 9.17) is 5.73 Å². The van der Waals surface area contributed by atoms with Gasteiger partial charge in [0.05, 0.1) is 29.3 Å². The van der Waals surface area contributed by atoms with Gasteiger partial charge >= 0.3 is 24.7 Å². The number of amides is 2. The number of hydrogen-bond acceptors (Lipinski definition) is 9. The second-order valence-corrected chi connectivity index (χ2v) is 15.6. The average Bonchev–Trinajstić information content (AvgIpc) is 3.25. The van der Waals surface area contributed by atoms with E-state index in [1.165, 1.54) is 24.3 Å². The summed E-state index contributed by atoms with van der Waals surface area (Å²) in [7, 11) is 0. The van der Waals surface area contributed by atoms with Crippen molar-refractivity contribution in [1.82, 2.24) is 0 Å². The molecule has 0 aliphatic carbocycles. The first-order valence-corrected chi connectivity index (χ1v) is 19.9. The second-order valence-electron chi connectivity index (χ2n) is 15.6. The van der Waals surface area contributed by atoms with Crippen LogP contribution in [-0.4, -0.2) is 69.3 Å². The van der Waals surface area contributed by atoms with Gasteiger partial charge in [-0.3, -0.25) is 14.4 Å². The molecule has 0 fully saturated rings. The lowest BCUT2D eigenvalue weighted by Crippen LogP contribution is -2.54. The van der Waals surface area contributed by atoms with E-state index in [1.54, 1.807) is 6.92 Å². The number of nitrogen functional groups attached to an aromatic ring is 1. The van der Waals surface area contributed by atoms with Gasteiger partial charge in [0.2, 0.25) is 10.8 Å². The molecule has 6 aromatic rings. The molecule has 0 unspecified atom stereocenters. The zero-order valence-corrected chi connectivity index (χ0v) is 35.4. The maximum atomic E-state index is 15.2. The number of phenolic OH excluding ortho intramolecular Hbond substituents is 4. The molecule has 70 heavy (non-hydrogen) atoms. The van der Waals surface area contributed by atoms with Gasteiger partial charge in [0.1, 0.15) is 23.0 Å². The Balaban J connectivity index is 1.29. The molecule has 368 valence electrons. The minimum atomic E-state index is -6.22. The number of nitrogens with two attached hydrogens (primary N) is 1. The highest BCUT2D eigenvalue weighted by molar-refractivity contribution is 6.08. The van der Waals surface area contributed by atoms with E-state index >= 15 is 26.3 Å². The molecule has 0 bridgehead atoms. The number of Topliss-reactive ketones (excluding diaryl/α,β-unsaturated/α-hetero) is 1. The molecular formula is C47H34F12N4O7. The highest BCUT2D eigenvalue weighted by Gasteiger charge is 2.74. The fraction of sp³-hybridized carbons (Fsp3) is 0.170. The number of phenols is 4. The van der Waals surface area contributed by atoms with Crippen molar-refractivity contribution in [2.45, 2.75) is 42.5 Å². The van der Waals surface area contributed by atoms with Gasteiger partial charge in [0.15, 0.2) is 5.78 Å². The Kier molecular flexibility index (Phi) is 13.5. The zero-order valence-electron chi connectivity index (χ0n) is 35.4. The summed E-state index contributed by atoms with van der Waals surface area (Å²) in [6.07, 6.45) is -24.8. The standard InChI is InChI=1S/C47H34F12N4O7/c1-23-5-7-24(8-6-23)40(69)62-33-21-30(12-16-37(33)66)43(46(54,55)56,47(57,58)59)28-10-14-36(65)32(19-28)61-22-39(68)25-3-2-4-26(17-25)41(70)63-34-20-29(11-15-38(34)67)42(44(48,49)50,45(51,52)53)27-9-13-35(64)31(60)18-27/h2-21,61,64-67H,22,60H2,1H3,(H,62,69)(H,63,70). The first kappa shape index (κ1) is 51.3. The van der Waals surface area contributed by atoms with Gasteiger partial charge in [-0.15, -0.1) is 0 Å². The van der Waals surface area contributed by atoms with Gasteiger partial charge < -0.3 is 42.1 Å². The number of nitrogens with one attached hydrogen (secondary N) is 3. The number of carbonyl (C=O) groups excluding carboxylic acids is 3. The number of halogens is 12. The smallest absolute Gasteiger partial charge is 0.411 e. The van der Waals surface area contributed by atoms with Crippen LogP contribution in [0, 0.1) is 6.92 Å². The van der Waals surface area contributed by atoms with Gasteiger partial charge in [-0.2, -0.15) is 52.7 Å². The van der Waals surface area contributed by atoms with E-state index in [2.05, 4.69) is 10.6 Å². The average molecular weight is 995 g/mol. The van der Waals surface area contributed by atoms with Crippen molar-refractivity contribution in [2.24, 2.45) is 0 Å². The van der Waals surface area contributed by atoms with E-state index in [1.807, 2.05) is 5.32 Å². The number of hydrogen-bond donors (Lipinski definition) is 8. The SMILES string of the molecule is Cc1ccc(C(=O)Nc2cc(C(c3ccc(O)c(NCC(=O)c4cccc(C(=O)Nc5cc(C(c6ccc(O)c(N)c6)(C(F)(F)F)C(F)(F)F)ccc5O)c4)c3)(C(F)(F)F)C(F)(F)F)ccc2O)cc1. The monoisotopic (exact) mass is 994 g/mol. The van der Waals surface area contributed by atoms with E-state index in [0.717, 1.165) is 29.8 Å². The molecule has 6 rings (SSSR count). The first-order chi connectivity index (χ1) is 32.4. The highest BCUT2D eigenvalue weighted by Crippen LogP contribution is 2.59. The zero-order chi connectivity index (χ0) is 51.9. The summed E-state index contributed by atoms with van der Waals surface area (Å²) in [6, 6.07) is 13.8. The molecule has 23 heteroatoms. The van der Waals surface area contributed by atoms with Crippen LogP contribution in [0.25, 0.3) is 0 Å². The molecule has 0 radical (unpaired) electrons. The Hall–Kier alpha value is -8.11. The van der Waals surface area contributed by atoms with Crippen molar-refractivity contribution in [2.75, 3.05) is 28.2 Å². The molecule has 9 N–H and O–H groups in total. The lowest BCUT2D eigenvalue weighted by Gasteiger charge is -2.38. The van der Waals surface area contributed by atoms with E-state index in [9.17, 15) is 61.2 Å². The molecule has 2 amide bonds. The number of ketones is 1. The number of rotatable bonds is 12.